The number of halogens is 3. The fraction of sp³-hybridized carbons (Fsp3) is 0.211. The lowest BCUT2D eigenvalue weighted by Gasteiger charge is -2.15. The summed E-state index contributed by atoms with van der Waals surface area (Å²) in [6, 6.07) is 9.12. The summed E-state index contributed by atoms with van der Waals surface area (Å²) in [6.07, 6.45) is -0.604. The summed E-state index contributed by atoms with van der Waals surface area (Å²) in [5, 5.41) is 21.7. The maximum Gasteiger partial charge on any atom is 0.305 e. The van der Waals surface area contributed by atoms with E-state index in [-0.39, 0.29) is 17.1 Å². The number of rotatable bonds is 10. The molecule has 0 spiro atoms. The molecule has 0 saturated heterocycles. The van der Waals surface area contributed by atoms with Crippen molar-refractivity contribution in [2.75, 3.05) is 0 Å². The summed E-state index contributed by atoms with van der Waals surface area (Å²) >= 11 is 15.5. The molecule has 14 heteroatoms. The van der Waals surface area contributed by atoms with E-state index in [1.807, 2.05) is 0 Å². The van der Waals surface area contributed by atoms with Crippen molar-refractivity contribution in [3.05, 3.63) is 68.4 Å². The first-order valence-electron chi connectivity index (χ1n) is 9.27. The van der Waals surface area contributed by atoms with Crippen molar-refractivity contribution in [1.82, 2.24) is 24.9 Å². The standard InChI is InChI=1S/C19H16BrCl2N5O5S/c20-11-4-6-12(7-5-11)33(31,32)25-16(9-19(29)30)17(28)10-27-24-18(23-26-27)8-13-14(21)2-1-3-15(13)22/h1-7,16,25H,8-10H2,(H,29,30). The molecule has 1 unspecified atom stereocenters. The predicted molar refractivity (Wildman–Crippen MR) is 123 cm³/mol. The zero-order chi connectivity index (χ0) is 24.2. The Kier molecular flexibility index (Phi) is 8.19. The van der Waals surface area contributed by atoms with Gasteiger partial charge in [-0.3, -0.25) is 9.59 Å². The Bertz CT molecular complexity index is 1260. The molecule has 0 saturated carbocycles. The Labute approximate surface area is 207 Å². The summed E-state index contributed by atoms with van der Waals surface area (Å²) in [5.41, 5.74) is 0.581. The summed E-state index contributed by atoms with van der Waals surface area (Å²) < 4.78 is 28.0. The van der Waals surface area contributed by atoms with Crippen LogP contribution in [0.2, 0.25) is 10.0 Å². The quantitative estimate of drug-likeness (QED) is 0.375. The SMILES string of the molecule is O=C(O)CC(NS(=O)(=O)c1ccc(Br)cc1)C(=O)Cn1nnc(Cc2c(Cl)cccc2Cl)n1. The average Bonchev–Trinajstić information content (AvgIpc) is 3.17. The molecular formula is C19H16BrCl2N5O5S. The van der Waals surface area contributed by atoms with Gasteiger partial charge in [-0.2, -0.15) is 9.52 Å². The van der Waals surface area contributed by atoms with Crippen LogP contribution < -0.4 is 4.72 Å². The number of carboxylic acid groups (broad SMARTS) is 1. The van der Waals surface area contributed by atoms with Crippen LogP contribution in [0, 0.1) is 0 Å². The minimum Gasteiger partial charge on any atom is -0.481 e. The molecular weight excluding hydrogens is 561 g/mol. The molecule has 2 N–H and O–H groups in total. The normalized spacial score (nSPS) is 12.5. The smallest absolute Gasteiger partial charge is 0.305 e. The van der Waals surface area contributed by atoms with Gasteiger partial charge in [-0.1, -0.05) is 45.2 Å². The highest BCUT2D eigenvalue weighted by Gasteiger charge is 2.28. The summed E-state index contributed by atoms with van der Waals surface area (Å²) in [6.45, 7) is -0.496. The number of sulfonamides is 1. The van der Waals surface area contributed by atoms with Crippen LogP contribution in [-0.4, -0.2) is 51.5 Å². The number of nitrogens with one attached hydrogen (secondary N) is 1. The lowest BCUT2D eigenvalue weighted by Crippen LogP contribution is -2.43. The van der Waals surface area contributed by atoms with E-state index >= 15 is 0 Å². The van der Waals surface area contributed by atoms with Crippen molar-refractivity contribution in [2.45, 2.75) is 30.3 Å². The molecule has 33 heavy (non-hydrogen) atoms. The molecule has 3 aromatic rings. The number of carbonyl (C=O) groups is 2. The van der Waals surface area contributed by atoms with E-state index in [1.54, 1.807) is 18.2 Å². The molecule has 174 valence electrons. The maximum absolute atomic E-state index is 12.7. The summed E-state index contributed by atoms with van der Waals surface area (Å²) in [5.74, 6) is -1.88. The highest BCUT2D eigenvalue weighted by molar-refractivity contribution is 9.10. The molecule has 1 aromatic heterocycles. The third kappa shape index (κ3) is 6.81. The second kappa shape index (κ2) is 10.7. The Morgan fingerprint density at radius 1 is 1.12 bits per heavy atom. The second-order valence-corrected chi connectivity index (χ2v) is 10.2. The summed E-state index contributed by atoms with van der Waals surface area (Å²) in [4.78, 5) is 24.8. The number of aliphatic carboxylic acids is 1. The molecule has 0 radical (unpaired) electrons. The minimum absolute atomic E-state index is 0.119. The number of tetrazole rings is 1. The van der Waals surface area contributed by atoms with Gasteiger partial charge in [-0.05, 0) is 47.2 Å². The summed E-state index contributed by atoms with van der Waals surface area (Å²) in [7, 11) is -4.15. The van der Waals surface area contributed by atoms with E-state index in [1.165, 1.54) is 24.3 Å². The first-order valence-corrected chi connectivity index (χ1v) is 12.3. The molecule has 3 rings (SSSR count). The van der Waals surface area contributed by atoms with Crippen LogP contribution in [0.1, 0.15) is 17.8 Å². The van der Waals surface area contributed by atoms with Gasteiger partial charge < -0.3 is 5.11 Å². The van der Waals surface area contributed by atoms with Crippen LogP contribution in [0.15, 0.2) is 51.8 Å². The lowest BCUT2D eigenvalue weighted by molar-refractivity contribution is -0.139. The molecule has 10 nitrogen and oxygen atoms in total. The van der Waals surface area contributed by atoms with Crippen LogP contribution in [0.3, 0.4) is 0 Å². The van der Waals surface area contributed by atoms with E-state index in [4.69, 9.17) is 28.3 Å². The van der Waals surface area contributed by atoms with Crippen molar-refractivity contribution < 1.29 is 23.1 Å². The van der Waals surface area contributed by atoms with Crippen LogP contribution in [0.5, 0.6) is 0 Å². The number of aromatic nitrogens is 4. The highest BCUT2D eigenvalue weighted by Crippen LogP contribution is 2.25. The Morgan fingerprint density at radius 3 is 2.36 bits per heavy atom. The first-order chi connectivity index (χ1) is 15.5. The van der Waals surface area contributed by atoms with Gasteiger partial charge in [0.1, 0.15) is 6.54 Å². The molecule has 0 aliphatic rings. The Balaban J connectivity index is 1.74. The van der Waals surface area contributed by atoms with Gasteiger partial charge in [0, 0.05) is 20.9 Å². The average molecular weight is 577 g/mol. The van der Waals surface area contributed by atoms with Crippen molar-refractivity contribution >= 4 is 60.9 Å². The topological polar surface area (TPSA) is 144 Å². The predicted octanol–water partition coefficient (Wildman–Crippen LogP) is 2.72. The molecule has 2 aromatic carbocycles. The van der Waals surface area contributed by atoms with Gasteiger partial charge >= 0.3 is 5.97 Å². The minimum atomic E-state index is -4.15. The number of carboxylic acids is 1. The molecule has 0 bridgehead atoms. The van der Waals surface area contributed by atoms with Crippen LogP contribution >= 0.6 is 39.1 Å². The molecule has 0 aliphatic carbocycles. The molecule has 1 heterocycles. The zero-order valence-electron chi connectivity index (χ0n) is 16.7. The van der Waals surface area contributed by atoms with Crippen LogP contribution in [0.25, 0.3) is 0 Å². The van der Waals surface area contributed by atoms with Gasteiger partial charge in [0.2, 0.25) is 10.0 Å². The van der Waals surface area contributed by atoms with E-state index in [0.717, 1.165) is 4.80 Å². The van der Waals surface area contributed by atoms with E-state index in [0.29, 0.717) is 20.1 Å². The number of nitrogens with zero attached hydrogens (tertiary/aromatic N) is 4. The number of ketones is 1. The van der Waals surface area contributed by atoms with E-state index in [9.17, 15) is 18.0 Å². The number of Topliss-reactive ketones (excluding diaryl/α,β-unsaturated/α-hetero) is 1. The Morgan fingerprint density at radius 2 is 1.76 bits per heavy atom. The van der Waals surface area contributed by atoms with E-state index < -0.39 is 40.8 Å². The highest BCUT2D eigenvalue weighted by atomic mass is 79.9. The number of hydrogen-bond acceptors (Lipinski definition) is 7. The zero-order valence-corrected chi connectivity index (χ0v) is 20.6. The maximum atomic E-state index is 12.7. The van der Waals surface area contributed by atoms with Crippen molar-refractivity contribution in [3.8, 4) is 0 Å². The van der Waals surface area contributed by atoms with Gasteiger partial charge in [0.15, 0.2) is 11.6 Å². The number of benzene rings is 2. The van der Waals surface area contributed by atoms with Crippen molar-refractivity contribution in [3.63, 3.8) is 0 Å². The molecule has 0 fully saturated rings. The van der Waals surface area contributed by atoms with Crippen molar-refractivity contribution in [2.24, 2.45) is 0 Å². The largest absolute Gasteiger partial charge is 0.481 e. The third-order valence-corrected chi connectivity index (χ3v) is 7.10. The molecule has 0 amide bonds. The second-order valence-electron chi connectivity index (χ2n) is 6.81. The number of hydrogen-bond donors (Lipinski definition) is 2. The van der Waals surface area contributed by atoms with Gasteiger partial charge in [0.25, 0.3) is 0 Å². The van der Waals surface area contributed by atoms with Crippen LogP contribution in [-0.2, 0) is 32.6 Å². The van der Waals surface area contributed by atoms with E-state index in [2.05, 4.69) is 36.1 Å². The Hall–Kier alpha value is -2.38. The monoisotopic (exact) mass is 575 g/mol. The first kappa shape index (κ1) is 25.2. The lowest BCUT2D eigenvalue weighted by atomic mass is 10.1. The van der Waals surface area contributed by atoms with Crippen molar-refractivity contribution in [1.29, 1.82) is 0 Å². The molecule has 0 aliphatic heterocycles. The van der Waals surface area contributed by atoms with Gasteiger partial charge in [-0.25, -0.2) is 8.42 Å². The van der Waals surface area contributed by atoms with Gasteiger partial charge in [0.05, 0.1) is 17.4 Å². The third-order valence-electron chi connectivity index (χ3n) is 4.38. The van der Waals surface area contributed by atoms with Gasteiger partial charge in [-0.15, -0.1) is 10.2 Å². The molecule has 1 atom stereocenters. The fourth-order valence-corrected chi connectivity index (χ4v) is 4.80. The fourth-order valence-electron chi connectivity index (χ4n) is 2.79. The number of carbonyl (C=O) groups excluding carboxylic acids is 1. The van der Waals surface area contributed by atoms with Crippen LogP contribution in [0.4, 0.5) is 0 Å².